The van der Waals surface area contributed by atoms with E-state index in [4.69, 9.17) is 4.98 Å². The van der Waals surface area contributed by atoms with Gasteiger partial charge in [0.05, 0.1) is 40.7 Å². The van der Waals surface area contributed by atoms with Crippen LogP contribution >= 0.6 is 0 Å². The van der Waals surface area contributed by atoms with Gasteiger partial charge in [0.2, 0.25) is 0 Å². The van der Waals surface area contributed by atoms with Crippen molar-refractivity contribution in [3.8, 4) is 35.5 Å². The van der Waals surface area contributed by atoms with Crippen LogP contribution in [0.4, 0.5) is 11.4 Å². The van der Waals surface area contributed by atoms with Gasteiger partial charge in [-0.3, -0.25) is 19.9 Å². The molecule has 196 valence electrons. The minimum atomic E-state index is 0.531. The normalized spacial score (nSPS) is 10.6. The standard InChI is InChI=1S/C29H30N8.C2H2/c1-18(2)11-19(3)35-22-12-21(15-31-16-22)25-13-20(26(30-4)17-34-25)14-27-36-24-8-10-33-28(29(24)37-27)23-7-5-6-9-32-23;1-2/h5-10,12-13,15-18,30,35H,3,11,14H2,1-2,4H3,(H,36,37);1-2H. The average Bonchev–Trinajstić information content (AvgIpc) is 3.37. The zero-order valence-electron chi connectivity index (χ0n) is 22.4. The molecule has 0 aliphatic rings. The van der Waals surface area contributed by atoms with E-state index in [9.17, 15) is 0 Å². The lowest BCUT2D eigenvalue weighted by molar-refractivity contribution is 0.645. The Morgan fingerprint density at radius 3 is 2.59 bits per heavy atom. The van der Waals surface area contributed by atoms with Gasteiger partial charge in [-0.05, 0) is 48.2 Å². The van der Waals surface area contributed by atoms with E-state index < -0.39 is 0 Å². The van der Waals surface area contributed by atoms with Crippen molar-refractivity contribution in [2.24, 2.45) is 5.92 Å². The molecule has 0 fully saturated rings. The summed E-state index contributed by atoms with van der Waals surface area (Å²) in [5.41, 5.74) is 8.94. The van der Waals surface area contributed by atoms with Crippen molar-refractivity contribution in [2.75, 3.05) is 17.7 Å². The predicted molar refractivity (Wildman–Crippen MR) is 159 cm³/mol. The van der Waals surface area contributed by atoms with Crippen LogP contribution in [0.15, 0.2) is 79.7 Å². The number of H-pyrrole nitrogens is 1. The number of nitrogens with one attached hydrogen (secondary N) is 3. The molecule has 0 radical (unpaired) electrons. The first-order valence-corrected chi connectivity index (χ1v) is 12.7. The Hall–Kier alpha value is -5.03. The summed E-state index contributed by atoms with van der Waals surface area (Å²) >= 11 is 0. The van der Waals surface area contributed by atoms with E-state index in [0.717, 1.165) is 68.6 Å². The number of fused-ring (bicyclic) bond motifs is 1. The van der Waals surface area contributed by atoms with Crippen LogP contribution in [-0.4, -0.2) is 37.0 Å². The van der Waals surface area contributed by atoms with Crippen LogP contribution in [0, 0.1) is 18.8 Å². The number of nitrogens with zero attached hydrogens (tertiary/aromatic N) is 5. The number of aromatic amines is 1. The van der Waals surface area contributed by atoms with Gasteiger partial charge >= 0.3 is 0 Å². The maximum atomic E-state index is 4.89. The lowest BCUT2D eigenvalue weighted by atomic mass is 10.1. The summed E-state index contributed by atoms with van der Waals surface area (Å²) in [7, 11) is 1.90. The molecule has 5 rings (SSSR count). The van der Waals surface area contributed by atoms with Crippen LogP contribution in [0.5, 0.6) is 0 Å². The van der Waals surface area contributed by atoms with Gasteiger partial charge in [0.1, 0.15) is 17.0 Å². The fourth-order valence-corrected chi connectivity index (χ4v) is 4.36. The highest BCUT2D eigenvalue weighted by Gasteiger charge is 2.14. The maximum absolute atomic E-state index is 4.89. The molecule has 3 N–H and O–H groups in total. The highest BCUT2D eigenvalue weighted by atomic mass is 14.9. The molecule has 5 aromatic rings. The van der Waals surface area contributed by atoms with Gasteiger partial charge in [-0.25, -0.2) is 4.98 Å². The number of terminal acetylenes is 1. The Kier molecular flexibility index (Phi) is 8.64. The topological polar surface area (TPSA) is 104 Å². The summed E-state index contributed by atoms with van der Waals surface area (Å²) in [4.78, 5) is 26.5. The van der Waals surface area contributed by atoms with Gasteiger partial charge in [0.25, 0.3) is 0 Å². The van der Waals surface area contributed by atoms with Crippen molar-refractivity contribution < 1.29 is 0 Å². The predicted octanol–water partition coefficient (Wildman–Crippen LogP) is 6.33. The molecule has 0 saturated heterocycles. The summed E-state index contributed by atoms with van der Waals surface area (Å²) in [6.45, 7) is 8.49. The maximum Gasteiger partial charge on any atom is 0.116 e. The average molecular weight is 517 g/mol. The van der Waals surface area contributed by atoms with Crippen molar-refractivity contribution in [3.63, 3.8) is 0 Å². The van der Waals surface area contributed by atoms with E-state index in [0.29, 0.717) is 12.3 Å². The van der Waals surface area contributed by atoms with Gasteiger partial charge in [-0.15, -0.1) is 12.8 Å². The van der Waals surface area contributed by atoms with E-state index in [1.807, 2.05) is 43.7 Å². The first kappa shape index (κ1) is 27.0. The highest BCUT2D eigenvalue weighted by Crippen LogP contribution is 2.28. The molecule has 0 aromatic carbocycles. The fraction of sp³-hybridized carbons (Fsp3) is 0.194. The van der Waals surface area contributed by atoms with Gasteiger partial charge in [-0.1, -0.05) is 26.5 Å². The van der Waals surface area contributed by atoms with E-state index >= 15 is 0 Å². The van der Waals surface area contributed by atoms with Crippen LogP contribution < -0.4 is 10.6 Å². The third kappa shape index (κ3) is 6.46. The first-order chi connectivity index (χ1) is 19.0. The molecular formula is C31H32N8. The monoisotopic (exact) mass is 516 g/mol. The summed E-state index contributed by atoms with van der Waals surface area (Å²) in [6, 6.07) is 11.9. The molecule has 5 aromatic heterocycles. The second-order valence-corrected chi connectivity index (χ2v) is 9.40. The molecular weight excluding hydrogens is 484 g/mol. The zero-order valence-corrected chi connectivity index (χ0v) is 22.4. The Morgan fingerprint density at radius 2 is 1.85 bits per heavy atom. The van der Waals surface area contributed by atoms with Crippen molar-refractivity contribution in [1.29, 1.82) is 0 Å². The quantitative estimate of drug-likeness (QED) is 0.197. The number of pyridine rings is 4. The third-order valence-electron chi connectivity index (χ3n) is 5.98. The summed E-state index contributed by atoms with van der Waals surface area (Å²) in [5, 5.41) is 6.63. The van der Waals surface area contributed by atoms with Gasteiger partial charge in [0.15, 0.2) is 0 Å². The molecule has 39 heavy (non-hydrogen) atoms. The summed E-state index contributed by atoms with van der Waals surface area (Å²) in [5.74, 6) is 1.37. The minimum absolute atomic E-state index is 0.531. The Balaban J connectivity index is 0.00000172. The molecule has 0 amide bonds. The lowest BCUT2D eigenvalue weighted by Gasteiger charge is -2.13. The minimum Gasteiger partial charge on any atom is -0.387 e. The van der Waals surface area contributed by atoms with E-state index in [2.05, 4.69) is 81.0 Å². The highest BCUT2D eigenvalue weighted by molar-refractivity contribution is 5.88. The van der Waals surface area contributed by atoms with Crippen LogP contribution in [-0.2, 0) is 6.42 Å². The van der Waals surface area contributed by atoms with E-state index in [1.54, 1.807) is 18.6 Å². The van der Waals surface area contributed by atoms with E-state index in [-0.39, 0.29) is 0 Å². The molecule has 8 heteroatoms. The molecule has 0 atom stereocenters. The zero-order chi connectivity index (χ0) is 27.8. The number of imidazole rings is 1. The third-order valence-corrected chi connectivity index (χ3v) is 5.98. The van der Waals surface area contributed by atoms with Crippen molar-refractivity contribution >= 4 is 22.4 Å². The van der Waals surface area contributed by atoms with E-state index in [1.165, 1.54) is 0 Å². The lowest BCUT2D eigenvalue weighted by Crippen LogP contribution is -2.03. The van der Waals surface area contributed by atoms with Crippen LogP contribution in [0.25, 0.3) is 33.7 Å². The number of hydrogen-bond donors (Lipinski definition) is 3. The molecule has 0 unspecified atom stereocenters. The summed E-state index contributed by atoms with van der Waals surface area (Å²) in [6.07, 6.45) is 18.5. The first-order valence-electron chi connectivity index (χ1n) is 12.7. The van der Waals surface area contributed by atoms with Gasteiger partial charge in [0, 0.05) is 43.3 Å². The number of aromatic nitrogens is 6. The molecule has 8 nitrogen and oxygen atoms in total. The number of hydrogen-bond acceptors (Lipinski definition) is 7. The molecule has 0 aliphatic carbocycles. The molecule has 0 spiro atoms. The van der Waals surface area contributed by atoms with Gasteiger partial charge in [-0.2, -0.15) is 0 Å². The second-order valence-electron chi connectivity index (χ2n) is 9.40. The Labute approximate surface area is 229 Å². The number of rotatable bonds is 9. The molecule has 0 bridgehead atoms. The van der Waals surface area contributed by atoms with Crippen molar-refractivity contribution in [3.05, 3.63) is 91.0 Å². The largest absolute Gasteiger partial charge is 0.387 e. The number of allylic oxidation sites excluding steroid dienone is 1. The molecule has 0 saturated carbocycles. The van der Waals surface area contributed by atoms with Crippen molar-refractivity contribution in [1.82, 2.24) is 29.9 Å². The Morgan fingerprint density at radius 1 is 1.00 bits per heavy atom. The fourth-order valence-electron chi connectivity index (χ4n) is 4.36. The smallest absolute Gasteiger partial charge is 0.116 e. The van der Waals surface area contributed by atoms with Gasteiger partial charge < -0.3 is 15.6 Å². The molecule has 0 aliphatic heterocycles. The SMILES string of the molecule is C#C.C=C(CC(C)C)Nc1cncc(-c2cc(Cc3nc4c(-c5ccccn5)nccc4[nH]3)c(NC)cn2)c1. The molecule has 5 heterocycles. The number of anilines is 2. The second kappa shape index (κ2) is 12.5. The van der Waals surface area contributed by atoms with Crippen LogP contribution in [0.2, 0.25) is 0 Å². The van der Waals surface area contributed by atoms with Crippen molar-refractivity contribution in [2.45, 2.75) is 26.7 Å². The van der Waals surface area contributed by atoms with Crippen LogP contribution in [0.3, 0.4) is 0 Å². The summed E-state index contributed by atoms with van der Waals surface area (Å²) < 4.78 is 0. The van der Waals surface area contributed by atoms with Crippen LogP contribution in [0.1, 0.15) is 31.7 Å². The Bertz CT molecular complexity index is 1580.